The molecule has 17 nitrogen and oxygen atoms in total. The topological polar surface area (TPSA) is 237 Å². The number of carbonyl (C=O) groups excluding carboxylic acids is 4. The summed E-state index contributed by atoms with van der Waals surface area (Å²) < 4.78 is 68.7. The highest BCUT2D eigenvalue weighted by molar-refractivity contribution is 7.47. The van der Waals surface area contributed by atoms with Gasteiger partial charge in [-0.25, -0.2) is 9.13 Å². The highest BCUT2D eigenvalue weighted by Crippen LogP contribution is 2.45. The normalized spacial score (nSPS) is 14.5. The average molecular weight is 1530 g/mol. The molecule has 0 rings (SSSR count). The molecule has 5 unspecified atom stereocenters. The fraction of sp³-hybridized carbons (Fsp3) is 0.701. The van der Waals surface area contributed by atoms with E-state index in [9.17, 15) is 43.2 Å². The van der Waals surface area contributed by atoms with Crippen molar-refractivity contribution in [3.63, 3.8) is 0 Å². The number of ether oxygens (including phenoxy) is 4. The maximum absolute atomic E-state index is 13.1. The Hall–Kier alpha value is -4.80. The molecule has 0 aliphatic heterocycles. The zero-order valence-electron chi connectivity index (χ0n) is 66.6. The molecule has 0 bridgehead atoms. The van der Waals surface area contributed by atoms with Crippen LogP contribution in [0.4, 0.5) is 0 Å². The molecule has 0 fully saturated rings. The Labute approximate surface area is 644 Å². The van der Waals surface area contributed by atoms with Gasteiger partial charge < -0.3 is 33.8 Å². The fourth-order valence-electron chi connectivity index (χ4n) is 10.8. The van der Waals surface area contributed by atoms with Gasteiger partial charge in [-0.1, -0.05) is 290 Å². The van der Waals surface area contributed by atoms with Gasteiger partial charge in [0, 0.05) is 25.7 Å². The van der Waals surface area contributed by atoms with Gasteiger partial charge in [0.2, 0.25) is 0 Å². The van der Waals surface area contributed by atoms with E-state index in [0.717, 1.165) is 225 Å². The van der Waals surface area contributed by atoms with Crippen LogP contribution in [0, 0.1) is 0 Å². The Morgan fingerprint density at radius 2 is 0.500 bits per heavy atom. The monoisotopic (exact) mass is 1530 g/mol. The van der Waals surface area contributed by atoms with Crippen molar-refractivity contribution in [2.45, 2.75) is 354 Å². The van der Waals surface area contributed by atoms with Gasteiger partial charge in [0.15, 0.2) is 12.2 Å². The molecule has 106 heavy (non-hydrogen) atoms. The minimum absolute atomic E-state index is 0.0772. The van der Waals surface area contributed by atoms with E-state index in [-0.39, 0.29) is 25.7 Å². The van der Waals surface area contributed by atoms with Crippen molar-refractivity contribution in [1.82, 2.24) is 0 Å². The third kappa shape index (κ3) is 77.4. The predicted molar refractivity (Wildman–Crippen MR) is 436 cm³/mol. The second kappa shape index (κ2) is 78.3. The molecule has 0 radical (unpaired) electrons. The van der Waals surface area contributed by atoms with Crippen LogP contribution in [0.25, 0.3) is 0 Å². The molecular formula is C87H148O17P2. The van der Waals surface area contributed by atoms with E-state index in [1.807, 2.05) is 0 Å². The van der Waals surface area contributed by atoms with Crippen LogP contribution in [0.3, 0.4) is 0 Å². The number of allylic oxidation sites excluding steroid dienone is 22. The molecule has 0 aliphatic rings. The van der Waals surface area contributed by atoms with Crippen molar-refractivity contribution >= 4 is 39.5 Å². The Morgan fingerprint density at radius 1 is 0.274 bits per heavy atom. The molecule has 0 amide bonds. The highest BCUT2D eigenvalue weighted by Gasteiger charge is 2.30. The van der Waals surface area contributed by atoms with E-state index in [4.69, 9.17) is 37.0 Å². The summed E-state index contributed by atoms with van der Waals surface area (Å²) in [5.74, 6) is -2.22. The molecule has 0 aromatic heterocycles. The number of aliphatic hydroxyl groups excluding tert-OH is 1. The lowest BCUT2D eigenvalue weighted by atomic mass is 10.1. The predicted octanol–water partition coefficient (Wildman–Crippen LogP) is 24.4. The minimum Gasteiger partial charge on any atom is -0.462 e. The lowest BCUT2D eigenvalue weighted by Gasteiger charge is -2.21. The third-order valence-corrected chi connectivity index (χ3v) is 19.0. The van der Waals surface area contributed by atoms with Crippen molar-refractivity contribution in [2.75, 3.05) is 39.6 Å². The summed E-state index contributed by atoms with van der Waals surface area (Å²) in [5, 5.41) is 10.7. The zero-order chi connectivity index (χ0) is 77.4. The maximum Gasteiger partial charge on any atom is 0.472 e. The van der Waals surface area contributed by atoms with Crippen molar-refractivity contribution in [2.24, 2.45) is 0 Å². The lowest BCUT2D eigenvalue weighted by Crippen LogP contribution is -2.30. The molecule has 0 aliphatic carbocycles. The van der Waals surface area contributed by atoms with E-state index in [1.165, 1.54) is 32.1 Å². The standard InChI is InChI=1S/C87H148O17P2/c1-5-9-13-17-21-25-29-32-35-38-40-43-45-48-52-55-59-63-67-71-84(89)97-77-82(103-86(91)73-69-65-61-57-51-28-24-20-16-12-8-4)79-101-105(93,94)99-75-81(88)76-100-106(95,96)102-80-83(104-87(92)74-70-66-62-58-54-50-47-42-37-34-31-27-23-19-15-11-7-3)78-98-85(90)72-68-64-60-56-53-49-46-44-41-39-36-33-30-26-22-18-14-10-6-2/h10-11,14-15,20-27,32-37,40-41,43-44,81-83,88H,5-9,12-13,16-19,28-31,38-39,42,45-80H2,1-4H3,(H,93,94)(H,95,96)/b14-10-,15-11-,24-20-,25-21-,26-22-,27-23-,35-32-,36-33-,37-34-,43-40-,44-41-. The summed E-state index contributed by atoms with van der Waals surface area (Å²) >= 11 is 0. The summed E-state index contributed by atoms with van der Waals surface area (Å²) in [5.41, 5.74) is 0. The van der Waals surface area contributed by atoms with E-state index < -0.39 is 97.5 Å². The Morgan fingerprint density at radius 3 is 0.792 bits per heavy atom. The summed E-state index contributed by atoms with van der Waals surface area (Å²) in [4.78, 5) is 73.1. The first-order valence-corrected chi connectivity index (χ1v) is 44.4. The second-order valence-corrected chi connectivity index (χ2v) is 30.2. The zero-order valence-corrected chi connectivity index (χ0v) is 68.4. The van der Waals surface area contributed by atoms with Crippen LogP contribution >= 0.6 is 15.6 Å². The van der Waals surface area contributed by atoms with Crippen LogP contribution in [0.15, 0.2) is 134 Å². The first-order chi connectivity index (χ1) is 51.7. The van der Waals surface area contributed by atoms with Gasteiger partial charge in [0.05, 0.1) is 26.4 Å². The smallest absolute Gasteiger partial charge is 0.462 e. The van der Waals surface area contributed by atoms with E-state index in [2.05, 4.69) is 161 Å². The summed E-state index contributed by atoms with van der Waals surface area (Å²) in [7, 11) is -9.97. The molecule has 0 aromatic carbocycles. The number of hydrogen-bond donors (Lipinski definition) is 3. The molecule has 0 saturated carbocycles. The molecule has 19 heteroatoms. The van der Waals surface area contributed by atoms with Gasteiger partial charge in [0.25, 0.3) is 0 Å². The fourth-order valence-corrected chi connectivity index (χ4v) is 12.4. The van der Waals surface area contributed by atoms with Gasteiger partial charge in [-0.3, -0.25) is 37.3 Å². The average Bonchev–Trinajstić information content (AvgIpc) is 0.919. The van der Waals surface area contributed by atoms with E-state index >= 15 is 0 Å². The highest BCUT2D eigenvalue weighted by atomic mass is 31.2. The third-order valence-electron chi connectivity index (χ3n) is 17.1. The van der Waals surface area contributed by atoms with Gasteiger partial charge in [-0.2, -0.15) is 0 Å². The minimum atomic E-state index is -4.99. The molecule has 5 atom stereocenters. The molecule has 0 saturated heterocycles. The number of esters is 4. The molecule has 0 heterocycles. The Balaban J connectivity index is 5.35. The molecule has 3 N–H and O–H groups in total. The number of phosphoric ester groups is 2. The quantitative estimate of drug-likeness (QED) is 0.0169. The molecule has 0 aromatic rings. The van der Waals surface area contributed by atoms with Crippen LogP contribution in [-0.2, 0) is 65.4 Å². The van der Waals surface area contributed by atoms with Crippen molar-refractivity contribution in [3.05, 3.63) is 134 Å². The van der Waals surface area contributed by atoms with Crippen LogP contribution in [0.5, 0.6) is 0 Å². The number of aliphatic hydroxyl groups is 1. The van der Waals surface area contributed by atoms with E-state index in [0.29, 0.717) is 25.7 Å². The van der Waals surface area contributed by atoms with Crippen molar-refractivity contribution < 1.29 is 80.2 Å². The molecule has 608 valence electrons. The Kier molecular flexibility index (Phi) is 74.8. The summed E-state index contributed by atoms with van der Waals surface area (Å²) in [6, 6.07) is 0. The SMILES string of the molecule is CC/C=C\C/C=C\C/C=C\C/C=C\CCCCCCCCC(=O)OCC(COP(=O)(O)OCC(O)COP(=O)(O)OCC(COC(=O)CCCCCCCC/C=C\C/C=C\C/C=C\CCCCC)OC(=O)CCCCCCC/C=C\CCCC)OC(=O)CCCCCCCCC/C=C\C/C=C\C/C=C\CC. The van der Waals surface area contributed by atoms with Crippen LogP contribution in [0.1, 0.15) is 336 Å². The number of rotatable bonds is 77. The van der Waals surface area contributed by atoms with Crippen LogP contribution < -0.4 is 0 Å². The van der Waals surface area contributed by atoms with Gasteiger partial charge in [0.1, 0.15) is 19.3 Å². The Bertz CT molecular complexity index is 2530. The van der Waals surface area contributed by atoms with Crippen LogP contribution in [0.2, 0.25) is 0 Å². The van der Waals surface area contributed by atoms with Gasteiger partial charge >= 0.3 is 39.5 Å². The maximum atomic E-state index is 13.1. The first kappa shape index (κ1) is 101. The largest absolute Gasteiger partial charge is 0.472 e. The van der Waals surface area contributed by atoms with Crippen molar-refractivity contribution in [1.29, 1.82) is 0 Å². The lowest BCUT2D eigenvalue weighted by molar-refractivity contribution is -0.161. The first-order valence-electron chi connectivity index (χ1n) is 41.4. The van der Waals surface area contributed by atoms with E-state index in [1.54, 1.807) is 0 Å². The molecule has 0 spiro atoms. The summed E-state index contributed by atoms with van der Waals surface area (Å²) in [6.07, 6.45) is 88.5. The summed E-state index contributed by atoms with van der Waals surface area (Å²) in [6.45, 7) is 4.56. The van der Waals surface area contributed by atoms with Gasteiger partial charge in [-0.05, 0) is 154 Å². The van der Waals surface area contributed by atoms with Crippen LogP contribution in [-0.4, -0.2) is 96.7 Å². The van der Waals surface area contributed by atoms with Crippen molar-refractivity contribution in [3.8, 4) is 0 Å². The molecular weight excluding hydrogens is 1380 g/mol. The van der Waals surface area contributed by atoms with Gasteiger partial charge in [-0.15, -0.1) is 0 Å². The number of carbonyl (C=O) groups is 4. The number of hydrogen-bond acceptors (Lipinski definition) is 15. The number of phosphoric acid groups is 2. The second-order valence-electron chi connectivity index (χ2n) is 27.3. The number of unbranched alkanes of at least 4 members (excludes halogenated alkanes) is 29.